The third-order valence-corrected chi connectivity index (χ3v) is 5.15. The molecule has 1 rings (SSSR count). The zero-order chi connectivity index (χ0) is 11.0. The quantitative estimate of drug-likeness (QED) is 0.765. The number of hydrogen-bond donors (Lipinski definition) is 1. The van der Waals surface area contributed by atoms with Crippen LogP contribution < -0.4 is 4.72 Å². The highest BCUT2D eigenvalue weighted by molar-refractivity contribution is 7.90. The van der Waals surface area contributed by atoms with Gasteiger partial charge in [0.1, 0.15) is 0 Å². The Hall–Kier alpha value is -0.0900. The van der Waals surface area contributed by atoms with Crippen molar-refractivity contribution in [2.75, 3.05) is 6.54 Å². The topological polar surface area (TPSA) is 46.2 Å². The molecular weight excluding hydrogens is 198 g/mol. The Kier molecular flexibility index (Phi) is 3.26. The molecule has 0 aromatic carbocycles. The van der Waals surface area contributed by atoms with Crippen LogP contribution in [0.1, 0.15) is 40.5 Å². The van der Waals surface area contributed by atoms with Crippen LogP contribution in [0.15, 0.2) is 0 Å². The summed E-state index contributed by atoms with van der Waals surface area (Å²) in [5.74, 6) is 0.567. The third kappa shape index (κ3) is 2.48. The van der Waals surface area contributed by atoms with Gasteiger partial charge in [-0.1, -0.05) is 13.8 Å². The van der Waals surface area contributed by atoms with Gasteiger partial charge in [-0.25, -0.2) is 13.1 Å². The highest BCUT2D eigenvalue weighted by Crippen LogP contribution is 2.51. The largest absolute Gasteiger partial charge is 0.214 e. The van der Waals surface area contributed by atoms with E-state index in [4.69, 9.17) is 0 Å². The van der Waals surface area contributed by atoms with Crippen molar-refractivity contribution >= 4 is 10.0 Å². The van der Waals surface area contributed by atoms with Crippen molar-refractivity contribution in [1.29, 1.82) is 0 Å². The van der Waals surface area contributed by atoms with E-state index in [1.165, 1.54) is 0 Å². The Morgan fingerprint density at radius 1 is 1.21 bits per heavy atom. The second-order valence-electron chi connectivity index (χ2n) is 4.93. The molecule has 1 fully saturated rings. The highest BCUT2D eigenvalue weighted by Gasteiger charge is 2.45. The van der Waals surface area contributed by atoms with E-state index in [-0.39, 0.29) is 10.7 Å². The molecule has 0 heterocycles. The first-order valence-electron chi connectivity index (χ1n) is 5.29. The van der Waals surface area contributed by atoms with Crippen LogP contribution >= 0.6 is 0 Å². The average molecular weight is 219 g/mol. The summed E-state index contributed by atoms with van der Waals surface area (Å²) in [7, 11) is -3.07. The summed E-state index contributed by atoms with van der Waals surface area (Å²) in [5.41, 5.74) is 0.252. The minimum atomic E-state index is -3.07. The Morgan fingerprint density at radius 2 is 1.71 bits per heavy atom. The SMILES string of the molecule is CC(C)C1(CNS(=O)(=O)C(C)C)CC1. The first-order valence-corrected chi connectivity index (χ1v) is 6.83. The fraction of sp³-hybridized carbons (Fsp3) is 1.00. The summed E-state index contributed by atoms with van der Waals surface area (Å²) in [5, 5.41) is -0.328. The lowest BCUT2D eigenvalue weighted by Gasteiger charge is -2.20. The van der Waals surface area contributed by atoms with E-state index in [1.807, 2.05) is 0 Å². The molecule has 4 heteroatoms. The summed E-state index contributed by atoms with van der Waals surface area (Å²) in [4.78, 5) is 0. The average Bonchev–Trinajstić information content (AvgIpc) is 2.81. The molecule has 0 aliphatic heterocycles. The van der Waals surface area contributed by atoms with Crippen LogP contribution in [0.2, 0.25) is 0 Å². The molecule has 1 N–H and O–H groups in total. The fourth-order valence-electron chi connectivity index (χ4n) is 1.53. The number of hydrogen-bond acceptors (Lipinski definition) is 2. The molecule has 0 bridgehead atoms. The van der Waals surface area contributed by atoms with Gasteiger partial charge in [0.2, 0.25) is 10.0 Å². The van der Waals surface area contributed by atoms with E-state index in [0.29, 0.717) is 12.5 Å². The van der Waals surface area contributed by atoms with Crippen molar-refractivity contribution < 1.29 is 8.42 Å². The van der Waals surface area contributed by atoms with Crippen LogP contribution in [0, 0.1) is 11.3 Å². The molecule has 3 nitrogen and oxygen atoms in total. The molecule has 1 aliphatic rings. The van der Waals surface area contributed by atoms with E-state index in [9.17, 15) is 8.42 Å². The van der Waals surface area contributed by atoms with Crippen LogP contribution in [0.5, 0.6) is 0 Å². The maximum Gasteiger partial charge on any atom is 0.213 e. The van der Waals surface area contributed by atoms with Crippen LogP contribution in [-0.4, -0.2) is 20.2 Å². The Balaban J connectivity index is 2.49. The molecule has 1 saturated carbocycles. The molecule has 0 spiro atoms. The van der Waals surface area contributed by atoms with Crippen molar-refractivity contribution in [3.05, 3.63) is 0 Å². The van der Waals surface area contributed by atoms with Gasteiger partial charge in [-0.15, -0.1) is 0 Å². The second-order valence-corrected chi connectivity index (χ2v) is 7.25. The van der Waals surface area contributed by atoms with E-state index in [1.54, 1.807) is 13.8 Å². The zero-order valence-corrected chi connectivity index (χ0v) is 10.3. The monoisotopic (exact) mass is 219 g/mol. The number of nitrogens with one attached hydrogen (secondary N) is 1. The maximum atomic E-state index is 11.5. The zero-order valence-electron chi connectivity index (χ0n) is 9.50. The second kappa shape index (κ2) is 3.81. The summed E-state index contributed by atoms with van der Waals surface area (Å²) < 4.78 is 25.7. The number of rotatable bonds is 5. The minimum Gasteiger partial charge on any atom is -0.214 e. The molecule has 84 valence electrons. The molecule has 0 unspecified atom stereocenters. The lowest BCUT2D eigenvalue weighted by atomic mass is 9.93. The van der Waals surface area contributed by atoms with Gasteiger partial charge in [-0.2, -0.15) is 0 Å². The summed E-state index contributed by atoms with van der Waals surface area (Å²) >= 11 is 0. The molecule has 0 saturated heterocycles. The van der Waals surface area contributed by atoms with E-state index in [2.05, 4.69) is 18.6 Å². The Bertz CT molecular complexity index is 289. The normalized spacial score (nSPS) is 20.4. The molecule has 0 atom stereocenters. The van der Waals surface area contributed by atoms with Gasteiger partial charge in [0.15, 0.2) is 0 Å². The van der Waals surface area contributed by atoms with Crippen molar-refractivity contribution in [2.45, 2.75) is 45.8 Å². The molecule has 14 heavy (non-hydrogen) atoms. The van der Waals surface area contributed by atoms with Gasteiger partial charge < -0.3 is 0 Å². The lowest BCUT2D eigenvalue weighted by molar-refractivity contribution is 0.357. The molecule has 1 aliphatic carbocycles. The molecule has 0 radical (unpaired) electrons. The summed E-state index contributed by atoms with van der Waals surface area (Å²) in [6.07, 6.45) is 2.32. The molecule has 0 amide bonds. The van der Waals surface area contributed by atoms with Crippen molar-refractivity contribution in [1.82, 2.24) is 4.72 Å². The third-order valence-electron chi connectivity index (χ3n) is 3.36. The van der Waals surface area contributed by atoms with Gasteiger partial charge >= 0.3 is 0 Å². The van der Waals surface area contributed by atoms with Gasteiger partial charge in [0.25, 0.3) is 0 Å². The predicted molar refractivity (Wildman–Crippen MR) is 58.6 cm³/mol. The van der Waals surface area contributed by atoms with Crippen LogP contribution in [0.4, 0.5) is 0 Å². The Morgan fingerprint density at radius 3 is 2.00 bits per heavy atom. The predicted octanol–water partition coefficient (Wildman–Crippen LogP) is 1.75. The van der Waals surface area contributed by atoms with Gasteiger partial charge in [-0.3, -0.25) is 0 Å². The minimum absolute atomic E-state index is 0.252. The first-order chi connectivity index (χ1) is 6.30. The van der Waals surface area contributed by atoms with Crippen LogP contribution in [0.25, 0.3) is 0 Å². The van der Waals surface area contributed by atoms with Crippen molar-refractivity contribution in [3.8, 4) is 0 Å². The highest BCUT2D eigenvalue weighted by atomic mass is 32.2. The van der Waals surface area contributed by atoms with Gasteiger partial charge in [0.05, 0.1) is 5.25 Å². The van der Waals surface area contributed by atoms with Crippen molar-refractivity contribution in [3.63, 3.8) is 0 Å². The maximum absolute atomic E-state index is 11.5. The summed E-state index contributed by atoms with van der Waals surface area (Å²) in [6, 6.07) is 0. The summed E-state index contributed by atoms with van der Waals surface area (Å²) in [6.45, 7) is 8.35. The Labute approximate surface area is 87.3 Å². The standard InChI is InChI=1S/C10H21NO2S/c1-8(2)10(5-6-10)7-11-14(12,13)9(3)4/h8-9,11H,5-7H2,1-4H3. The van der Waals surface area contributed by atoms with Crippen LogP contribution in [0.3, 0.4) is 0 Å². The molecule has 0 aromatic heterocycles. The van der Waals surface area contributed by atoms with Crippen molar-refractivity contribution in [2.24, 2.45) is 11.3 Å². The smallest absolute Gasteiger partial charge is 0.213 e. The molecule has 0 aromatic rings. The van der Waals surface area contributed by atoms with E-state index < -0.39 is 10.0 Å². The first kappa shape index (κ1) is 12.0. The molecular formula is C10H21NO2S. The van der Waals surface area contributed by atoms with E-state index >= 15 is 0 Å². The van der Waals surface area contributed by atoms with Gasteiger partial charge in [-0.05, 0) is 38.0 Å². The lowest BCUT2D eigenvalue weighted by Crippen LogP contribution is -2.36. The fourth-order valence-corrected chi connectivity index (χ4v) is 2.35. The van der Waals surface area contributed by atoms with Crippen LogP contribution in [-0.2, 0) is 10.0 Å². The number of sulfonamides is 1. The van der Waals surface area contributed by atoms with E-state index in [0.717, 1.165) is 12.8 Å². The van der Waals surface area contributed by atoms with Gasteiger partial charge in [0, 0.05) is 6.54 Å².